The molecule has 2 aromatic carbocycles. The summed E-state index contributed by atoms with van der Waals surface area (Å²) in [4.78, 5) is 17.5. The van der Waals surface area contributed by atoms with Crippen LogP contribution in [0.3, 0.4) is 0 Å². The number of carbonyl (C=O) groups excluding carboxylic acids is 1. The number of rotatable bonds is 6. The van der Waals surface area contributed by atoms with Crippen LogP contribution in [0.4, 0.5) is 0 Å². The van der Waals surface area contributed by atoms with Crippen LogP contribution >= 0.6 is 11.8 Å². The number of pyridine rings is 1. The first-order chi connectivity index (χ1) is 12.7. The summed E-state index contributed by atoms with van der Waals surface area (Å²) in [5.41, 5.74) is 5.04. The summed E-state index contributed by atoms with van der Waals surface area (Å²) in [6.07, 6.45) is 1.76. The number of fused-ring (bicyclic) bond motifs is 1. The molecule has 0 aliphatic carbocycles. The molecule has 3 aromatic rings. The van der Waals surface area contributed by atoms with E-state index in [1.54, 1.807) is 13.3 Å². The fourth-order valence-electron chi connectivity index (χ4n) is 2.52. The molecule has 132 valence electrons. The van der Waals surface area contributed by atoms with Crippen LogP contribution in [0, 0.1) is 0 Å². The van der Waals surface area contributed by atoms with E-state index in [0.29, 0.717) is 5.71 Å². The quantitative estimate of drug-likeness (QED) is 0.409. The van der Waals surface area contributed by atoms with Crippen LogP contribution in [0.1, 0.15) is 12.5 Å². The average molecular weight is 365 g/mol. The monoisotopic (exact) mass is 365 g/mol. The summed E-state index contributed by atoms with van der Waals surface area (Å²) in [6, 6.07) is 17.4. The van der Waals surface area contributed by atoms with Crippen LogP contribution in [-0.2, 0) is 4.79 Å². The molecule has 3 rings (SSSR count). The predicted molar refractivity (Wildman–Crippen MR) is 106 cm³/mol. The molecule has 0 saturated heterocycles. The van der Waals surface area contributed by atoms with Crippen LogP contribution in [0.5, 0.6) is 5.75 Å². The fraction of sp³-hybridized carbons (Fsp3) is 0.150. The number of nitrogens with zero attached hydrogens (tertiary/aromatic N) is 2. The van der Waals surface area contributed by atoms with E-state index >= 15 is 0 Å². The molecule has 0 aliphatic heterocycles. The van der Waals surface area contributed by atoms with Crippen LogP contribution in [-0.4, -0.2) is 29.5 Å². The zero-order valence-corrected chi connectivity index (χ0v) is 15.4. The van der Waals surface area contributed by atoms with Gasteiger partial charge in [0, 0.05) is 22.0 Å². The zero-order valence-electron chi connectivity index (χ0n) is 14.6. The Kier molecular flexibility index (Phi) is 5.86. The lowest BCUT2D eigenvalue weighted by Gasteiger charge is -2.08. The molecule has 0 bridgehead atoms. The Hall–Kier alpha value is -2.86. The molecule has 0 radical (unpaired) electrons. The first-order valence-corrected chi connectivity index (χ1v) is 9.10. The standard InChI is InChI=1S/C20H19N3O2S/c1-14(16-9-3-4-10-17(16)25-2)22-23-19(24)13-26-18-11-5-7-15-8-6-12-21-20(15)18/h3-12H,13H2,1-2H3,(H,23,24)/b22-14-. The van der Waals surface area contributed by atoms with Gasteiger partial charge in [-0.05, 0) is 31.2 Å². The van der Waals surface area contributed by atoms with Crippen molar-refractivity contribution in [1.82, 2.24) is 10.4 Å². The van der Waals surface area contributed by atoms with Gasteiger partial charge in [0.25, 0.3) is 0 Å². The van der Waals surface area contributed by atoms with Gasteiger partial charge in [0.15, 0.2) is 0 Å². The number of hydrogen-bond acceptors (Lipinski definition) is 5. The number of hydrazone groups is 1. The largest absolute Gasteiger partial charge is 0.496 e. The lowest BCUT2D eigenvalue weighted by Crippen LogP contribution is -2.21. The second-order valence-electron chi connectivity index (χ2n) is 5.55. The van der Waals surface area contributed by atoms with E-state index in [4.69, 9.17) is 4.74 Å². The smallest absolute Gasteiger partial charge is 0.250 e. The number of hydrogen-bond donors (Lipinski definition) is 1. The summed E-state index contributed by atoms with van der Waals surface area (Å²) < 4.78 is 5.31. The van der Waals surface area contributed by atoms with Crippen molar-refractivity contribution >= 4 is 34.3 Å². The molecular weight excluding hydrogens is 346 g/mol. The lowest BCUT2D eigenvalue weighted by atomic mass is 10.1. The molecule has 0 aliphatic rings. The van der Waals surface area contributed by atoms with Gasteiger partial charge in [0.2, 0.25) is 5.91 Å². The van der Waals surface area contributed by atoms with E-state index in [-0.39, 0.29) is 11.7 Å². The highest BCUT2D eigenvalue weighted by molar-refractivity contribution is 8.00. The molecule has 5 nitrogen and oxygen atoms in total. The van der Waals surface area contributed by atoms with Gasteiger partial charge < -0.3 is 4.74 Å². The first kappa shape index (κ1) is 17.9. The number of benzene rings is 2. The van der Waals surface area contributed by atoms with E-state index in [1.807, 2.05) is 61.5 Å². The highest BCUT2D eigenvalue weighted by Gasteiger charge is 2.08. The van der Waals surface area contributed by atoms with Crippen molar-refractivity contribution in [2.45, 2.75) is 11.8 Å². The number of ether oxygens (including phenoxy) is 1. The summed E-state index contributed by atoms with van der Waals surface area (Å²) >= 11 is 1.44. The second kappa shape index (κ2) is 8.49. The average Bonchev–Trinajstić information content (AvgIpc) is 2.70. The highest BCUT2D eigenvalue weighted by Crippen LogP contribution is 2.25. The Balaban J connectivity index is 1.64. The van der Waals surface area contributed by atoms with Crippen molar-refractivity contribution in [3.8, 4) is 5.75 Å². The molecule has 6 heteroatoms. The van der Waals surface area contributed by atoms with E-state index in [0.717, 1.165) is 27.1 Å². The third kappa shape index (κ3) is 4.21. The number of para-hydroxylation sites is 2. The first-order valence-electron chi connectivity index (χ1n) is 8.12. The predicted octanol–water partition coefficient (Wildman–Crippen LogP) is 3.88. The maximum atomic E-state index is 12.2. The van der Waals surface area contributed by atoms with E-state index in [1.165, 1.54) is 11.8 Å². The van der Waals surface area contributed by atoms with Crippen molar-refractivity contribution in [3.63, 3.8) is 0 Å². The number of nitrogens with one attached hydrogen (secondary N) is 1. The van der Waals surface area contributed by atoms with Crippen LogP contribution in [0.25, 0.3) is 10.9 Å². The Labute approximate surface area is 156 Å². The van der Waals surface area contributed by atoms with Crippen molar-refractivity contribution in [3.05, 3.63) is 66.4 Å². The fourth-order valence-corrected chi connectivity index (χ4v) is 3.35. The van der Waals surface area contributed by atoms with Gasteiger partial charge in [0.1, 0.15) is 5.75 Å². The van der Waals surface area contributed by atoms with Gasteiger partial charge in [0.05, 0.1) is 24.1 Å². The Morgan fingerprint density at radius 1 is 1.15 bits per heavy atom. The molecule has 0 saturated carbocycles. The molecule has 1 aromatic heterocycles. The van der Waals surface area contributed by atoms with Crippen LogP contribution < -0.4 is 10.2 Å². The van der Waals surface area contributed by atoms with Crippen LogP contribution in [0.15, 0.2) is 70.8 Å². The third-order valence-electron chi connectivity index (χ3n) is 3.80. The van der Waals surface area contributed by atoms with Crippen molar-refractivity contribution in [2.24, 2.45) is 5.10 Å². The van der Waals surface area contributed by atoms with E-state index in [9.17, 15) is 4.79 Å². The van der Waals surface area contributed by atoms with Crippen LogP contribution in [0.2, 0.25) is 0 Å². The maximum absolute atomic E-state index is 12.2. The molecule has 0 unspecified atom stereocenters. The van der Waals surface area contributed by atoms with E-state index < -0.39 is 0 Å². The summed E-state index contributed by atoms with van der Waals surface area (Å²) in [7, 11) is 1.61. The van der Waals surface area contributed by atoms with Gasteiger partial charge in [-0.3, -0.25) is 9.78 Å². The number of aromatic nitrogens is 1. The number of carbonyl (C=O) groups is 1. The number of methoxy groups -OCH3 is 1. The lowest BCUT2D eigenvalue weighted by molar-refractivity contribution is -0.118. The minimum Gasteiger partial charge on any atom is -0.496 e. The van der Waals surface area contributed by atoms with Gasteiger partial charge in [-0.1, -0.05) is 30.3 Å². The molecule has 1 amide bonds. The molecule has 0 fully saturated rings. The maximum Gasteiger partial charge on any atom is 0.250 e. The Bertz CT molecular complexity index is 951. The van der Waals surface area contributed by atoms with E-state index in [2.05, 4.69) is 15.5 Å². The van der Waals surface area contributed by atoms with Gasteiger partial charge >= 0.3 is 0 Å². The number of thioether (sulfide) groups is 1. The molecule has 1 N–H and O–H groups in total. The summed E-state index contributed by atoms with van der Waals surface area (Å²) in [5.74, 6) is 0.815. The second-order valence-corrected chi connectivity index (χ2v) is 6.57. The highest BCUT2D eigenvalue weighted by atomic mass is 32.2. The molecule has 0 spiro atoms. The third-order valence-corrected chi connectivity index (χ3v) is 4.85. The van der Waals surface area contributed by atoms with Crippen molar-refractivity contribution < 1.29 is 9.53 Å². The van der Waals surface area contributed by atoms with Crippen molar-refractivity contribution in [1.29, 1.82) is 0 Å². The minimum absolute atomic E-state index is 0.169. The molecular formula is C20H19N3O2S. The minimum atomic E-state index is -0.169. The number of amides is 1. The molecule has 26 heavy (non-hydrogen) atoms. The molecule has 0 atom stereocenters. The Morgan fingerprint density at radius 2 is 1.96 bits per heavy atom. The van der Waals surface area contributed by atoms with Gasteiger partial charge in [-0.15, -0.1) is 11.8 Å². The Morgan fingerprint density at radius 3 is 2.81 bits per heavy atom. The van der Waals surface area contributed by atoms with Gasteiger partial charge in [-0.25, -0.2) is 5.43 Å². The normalized spacial score (nSPS) is 11.4. The SMILES string of the molecule is COc1ccccc1/C(C)=N\NC(=O)CSc1cccc2cccnc12. The zero-order chi connectivity index (χ0) is 18.4. The summed E-state index contributed by atoms with van der Waals surface area (Å²) in [6.45, 7) is 1.83. The molecule has 1 heterocycles. The topological polar surface area (TPSA) is 63.6 Å². The van der Waals surface area contributed by atoms with Gasteiger partial charge in [-0.2, -0.15) is 5.10 Å². The summed E-state index contributed by atoms with van der Waals surface area (Å²) in [5, 5.41) is 5.24. The van der Waals surface area contributed by atoms with Crippen molar-refractivity contribution in [2.75, 3.05) is 12.9 Å².